The molecule has 0 atom stereocenters. The highest BCUT2D eigenvalue weighted by Crippen LogP contribution is 2.35. The summed E-state index contributed by atoms with van der Waals surface area (Å²) >= 11 is 1.37. The number of H-pyrrole nitrogens is 1. The number of ether oxygens (including phenoxy) is 1. The second-order valence-electron chi connectivity index (χ2n) is 3.95. The van der Waals surface area contributed by atoms with Crippen molar-refractivity contribution in [2.24, 2.45) is 0 Å². The van der Waals surface area contributed by atoms with Crippen molar-refractivity contribution in [1.82, 2.24) is 19.9 Å². The third kappa shape index (κ3) is 2.77. The lowest BCUT2D eigenvalue weighted by atomic mass is 10.3. The van der Waals surface area contributed by atoms with Gasteiger partial charge < -0.3 is 9.72 Å². The minimum absolute atomic E-state index is 0.457. The number of hydrogen-bond donors (Lipinski definition) is 1. The van der Waals surface area contributed by atoms with E-state index in [0.29, 0.717) is 16.4 Å². The third-order valence-corrected chi connectivity index (χ3v) is 3.68. The Kier molecular flexibility index (Phi) is 3.65. The predicted octanol–water partition coefficient (Wildman–Crippen LogP) is 2.60. The molecule has 0 spiro atoms. The standard InChI is InChI=1S/C14H10N4O2S/c1-2-11(19)20-9-5-3-4-6-10(9)21-14-12-13(16-7-15-12)17-8-18-14/h2-8H,1H2,(H,15,16,17,18). The van der Waals surface area contributed by atoms with Gasteiger partial charge in [0, 0.05) is 6.08 Å². The van der Waals surface area contributed by atoms with Crippen LogP contribution in [0.2, 0.25) is 0 Å². The third-order valence-electron chi connectivity index (χ3n) is 2.62. The molecular formula is C14H10N4O2S. The van der Waals surface area contributed by atoms with E-state index in [-0.39, 0.29) is 0 Å². The lowest BCUT2D eigenvalue weighted by Crippen LogP contribution is -2.03. The molecule has 0 unspecified atom stereocenters. The van der Waals surface area contributed by atoms with E-state index in [2.05, 4.69) is 26.5 Å². The lowest BCUT2D eigenvalue weighted by Gasteiger charge is -2.08. The number of imidazole rings is 1. The zero-order valence-corrected chi connectivity index (χ0v) is 11.6. The zero-order chi connectivity index (χ0) is 14.7. The van der Waals surface area contributed by atoms with Crippen LogP contribution in [0.5, 0.6) is 5.75 Å². The van der Waals surface area contributed by atoms with Crippen molar-refractivity contribution < 1.29 is 9.53 Å². The molecule has 0 aliphatic heterocycles. The molecule has 0 saturated carbocycles. The van der Waals surface area contributed by atoms with Crippen molar-refractivity contribution in [2.75, 3.05) is 0 Å². The van der Waals surface area contributed by atoms with E-state index >= 15 is 0 Å². The minimum atomic E-state index is -0.502. The zero-order valence-electron chi connectivity index (χ0n) is 10.8. The smallest absolute Gasteiger partial charge is 0.335 e. The van der Waals surface area contributed by atoms with Crippen LogP contribution in [-0.2, 0) is 4.79 Å². The van der Waals surface area contributed by atoms with Gasteiger partial charge in [0.15, 0.2) is 5.65 Å². The predicted molar refractivity (Wildman–Crippen MR) is 78.1 cm³/mol. The summed E-state index contributed by atoms with van der Waals surface area (Å²) in [7, 11) is 0. The second kappa shape index (κ2) is 5.76. The highest BCUT2D eigenvalue weighted by molar-refractivity contribution is 7.99. The highest BCUT2D eigenvalue weighted by atomic mass is 32.2. The summed E-state index contributed by atoms with van der Waals surface area (Å²) < 4.78 is 5.21. The van der Waals surface area contributed by atoms with Crippen LogP contribution >= 0.6 is 11.8 Å². The number of aromatic amines is 1. The average molecular weight is 298 g/mol. The summed E-state index contributed by atoms with van der Waals surface area (Å²) in [5.41, 5.74) is 1.33. The van der Waals surface area contributed by atoms with Crippen LogP contribution in [0.3, 0.4) is 0 Å². The largest absolute Gasteiger partial charge is 0.422 e. The van der Waals surface area contributed by atoms with Crippen LogP contribution in [0.1, 0.15) is 0 Å². The molecule has 0 fully saturated rings. The van der Waals surface area contributed by atoms with Crippen molar-refractivity contribution in [3.05, 3.63) is 49.6 Å². The van der Waals surface area contributed by atoms with Gasteiger partial charge in [-0.2, -0.15) is 0 Å². The number of rotatable bonds is 4. The Hall–Kier alpha value is -2.67. The first-order valence-electron chi connectivity index (χ1n) is 6.03. The molecule has 2 aromatic heterocycles. The molecule has 0 aliphatic carbocycles. The quantitative estimate of drug-likeness (QED) is 0.345. The summed E-state index contributed by atoms with van der Waals surface area (Å²) in [5.74, 6) is -0.0453. The molecule has 3 rings (SSSR count). The first-order chi connectivity index (χ1) is 10.3. The topological polar surface area (TPSA) is 80.8 Å². The maximum absolute atomic E-state index is 11.4. The number of nitrogens with zero attached hydrogens (tertiary/aromatic N) is 3. The van der Waals surface area contributed by atoms with E-state index in [9.17, 15) is 4.79 Å². The summed E-state index contributed by atoms with van der Waals surface area (Å²) in [4.78, 5) is 27.5. The van der Waals surface area contributed by atoms with Crippen LogP contribution in [0, 0.1) is 0 Å². The minimum Gasteiger partial charge on any atom is -0.422 e. The van der Waals surface area contributed by atoms with Gasteiger partial charge in [-0.25, -0.2) is 19.7 Å². The van der Waals surface area contributed by atoms with E-state index in [1.54, 1.807) is 18.5 Å². The fraction of sp³-hybridized carbons (Fsp3) is 0. The van der Waals surface area contributed by atoms with Crippen molar-refractivity contribution in [3.8, 4) is 5.75 Å². The van der Waals surface area contributed by atoms with Gasteiger partial charge in [-0.05, 0) is 12.1 Å². The number of fused-ring (bicyclic) bond motifs is 1. The molecule has 3 aromatic rings. The molecule has 0 bridgehead atoms. The van der Waals surface area contributed by atoms with E-state index in [1.807, 2.05) is 12.1 Å². The summed E-state index contributed by atoms with van der Waals surface area (Å²) in [5, 5.41) is 0.708. The summed E-state index contributed by atoms with van der Waals surface area (Å²) in [6.45, 7) is 3.39. The van der Waals surface area contributed by atoms with Gasteiger partial charge in [0.05, 0.1) is 11.2 Å². The molecule has 7 heteroatoms. The number of carbonyl (C=O) groups excluding carboxylic acids is 1. The monoisotopic (exact) mass is 298 g/mol. The number of nitrogens with one attached hydrogen (secondary N) is 1. The molecule has 0 saturated heterocycles. The number of carbonyl (C=O) groups is 1. The van der Waals surface area contributed by atoms with Crippen molar-refractivity contribution in [3.63, 3.8) is 0 Å². The number of hydrogen-bond acceptors (Lipinski definition) is 6. The van der Waals surface area contributed by atoms with E-state index in [1.165, 1.54) is 18.1 Å². The van der Waals surface area contributed by atoms with Crippen molar-refractivity contribution >= 4 is 28.9 Å². The van der Waals surface area contributed by atoms with E-state index < -0.39 is 5.97 Å². The molecular weight excluding hydrogens is 288 g/mol. The average Bonchev–Trinajstić information content (AvgIpc) is 2.98. The molecule has 104 valence electrons. The Morgan fingerprint density at radius 1 is 1.29 bits per heavy atom. The number of esters is 1. The maximum atomic E-state index is 11.4. The van der Waals surface area contributed by atoms with Crippen LogP contribution in [0.4, 0.5) is 0 Å². The Morgan fingerprint density at radius 3 is 3.00 bits per heavy atom. The van der Waals surface area contributed by atoms with Gasteiger partial charge in [0.1, 0.15) is 22.6 Å². The molecule has 1 aromatic carbocycles. The lowest BCUT2D eigenvalue weighted by molar-refractivity contribution is -0.129. The van der Waals surface area contributed by atoms with Gasteiger partial charge in [-0.15, -0.1) is 0 Å². The molecule has 6 nitrogen and oxygen atoms in total. The van der Waals surface area contributed by atoms with Crippen molar-refractivity contribution in [1.29, 1.82) is 0 Å². The fourth-order valence-electron chi connectivity index (χ4n) is 1.69. The summed E-state index contributed by atoms with van der Waals surface area (Å²) in [6.07, 6.45) is 4.14. The van der Waals surface area contributed by atoms with Gasteiger partial charge in [0.25, 0.3) is 0 Å². The van der Waals surface area contributed by atoms with Crippen molar-refractivity contribution in [2.45, 2.75) is 9.92 Å². The fourth-order valence-corrected chi connectivity index (χ4v) is 2.61. The van der Waals surface area contributed by atoms with Crippen LogP contribution in [-0.4, -0.2) is 25.9 Å². The van der Waals surface area contributed by atoms with E-state index in [4.69, 9.17) is 4.74 Å². The maximum Gasteiger partial charge on any atom is 0.335 e. The molecule has 2 heterocycles. The Bertz CT molecular complexity index is 815. The molecule has 21 heavy (non-hydrogen) atoms. The van der Waals surface area contributed by atoms with Crippen LogP contribution < -0.4 is 4.74 Å². The number of aromatic nitrogens is 4. The SMILES string of the molecule is C=CC(=O)Oc1ccccc1Sc1ncnc2nc[nH]c12. The number of para-hydroxylation sites is 1. The first-order valence-corrected chi connectivity index (χ1v) is 6.85. The molecule has 0 radical (unpaired) electrons. The second-order valence-corrected chi connectivity index (χ2v) is 4.98. The normalized spacial score (nSPS) is 10.5. The van der Waals surface area contributed by atoms with Gasteiger partial charge in [-0.1, -0.05) is 30.5 Å². The Morgan fingerprint density at radius 2 is 2.14 bits per heavy atom. The summed E-state index contributed by atoms with van der Waals surface area (Å²) in [6, 6.07) is 7.22. The van der Waals surface area contributed by atoms with Crippen LogP contribution in [0.25, 0.3) is 11.2 Å². The molecule has 0 aliphatic rings. The van der Waals surface area contributed by atoms with Crippen LogP contribution in [0.15, 0.2) is 59.5 Å². The first kappa shape index (κ1) is 13.3. The Balaban J connectivity index is 1.96. The highest BCUT2D eigenvalue weighted by Gasteiger charge is 2.12. The molecule has 1 N–H and O–H groups in total. The van der Waals surface area contributed by atoms with Gasteiger partial charge in [-0.3, -0.25) is 0 Å². The number of benzene rings is 1. The molecule has 0 amide bonds. The van der Waals surface area contributed by atoms with Gasteiger partial charge in [0.2, 0.25) is 0 Å². The van der Waals surface area contributed by atoms with Gasteiger partial charge >= 0.3 is 5.97 Å². The van der Waals surface area contributed by atoms with E-state index in [0.717, 1.165) is 16.5 Å². The Labute approximate surface area is 124 Å².